The average molecular weight is 397 g/mol. The lowest BCUT2D eigenvalue weighted by atomic mass is 10.1. The van der Waals surface area contributed by atoms with Crippen LogP contribution >= 0.6 is 11.3 Å². The highest BCUT2D eigenvalue weighted by atomic mass is 32.1. The summed E-state index contributed by atoms with van der Waals surface area (Å²) in [5.41, 5.74) is 4.63. The number of nitrogens with one attached hydrogen (secondary N) is 1. The van der Waals surface area contributed by atoms with E-state index in [2.05, 4.69) is 16.0 Å². The first-order chi connectivity index (χ1) is 13.4. The van der Waals surface area contributed by atoms with Crippen molar-refractivity contribution in [2.24, 2.45) is 0 Å². The number of methoxy groups -OCH3 is 1. The van der Waals surface area contributed by atoms with Crippen LogP contribution in [0.3, 0.4) is 0 Å². The first-order valence-corrected chi connectivity index (χ1v) is 9.95. The Morgan fingerprint density at radius 2 is 1.93 bits per heavy atom. The minimum atomic E-state index is -0.415. The van der Waals surface area contributed by atoms with E-state index in [0.29, 0.717) is 5.56 Å². The van der Waals surface area contributed by atoms with Crippen molar-refractivity contribution in [2.45, 2.75) is 33.2 Å². The molecule has 0 spiro atoms. The SMILES string of the molecule is COC(=O)CC(NC(=O)c1cc(C)n(-c2cccc(C)c2)c1C)c1cccs1. The molecule has 0 bridgehead atoms. The van der Waals surface area contributed by atoms with Gasteiger partial charge in [0.2, 0.25) is 0 Å². The Labute approximate surface area is 169 Å². The number of carbonyl (C=O) groups is 2. The normalized spacial score (nSPS) is 11.9. The van der Waals surface area contributed by atoms with Crippen molar-refractivity contribution in [1.29, 1.82) is 0 Å². The molecule has 0 radical (unpaired) electrons. The third-order valence-electron chi connectivity index (χ3n) is 4.73. The standard InChI is InChI=1S/C22H24N2O3S/c1-14-7-5-8-17(11-14)24-15(2)12-18(16(24)3)22(26)23-19(13-21(25)27-4)20-9-6-10-28-20/h5-12,19H,13H2,1-4H3,(H,23,26). The van der Waals surface area contributed by atoms with Gasteiger partial charge >= 0.3 is 5.97 Å². The number of aromatic nitrogens is 1. The average Bonchev–Trinajstić information content (AvgIpc) is 3.29. The van der Waals surface area contributed by atoms with Gasteiger partial charge in [-0.3, -0.25) is 9.59 Å². The zero-order valence-electron chi connectivity index (χ0n) is 16.5. The number of benzene rings is 1. The highest BCUT2D eigenvalue weighted by molar-refractivity contribution is 7.10. The van der Waals surface area contributed by atoms with Crippen molar-refractivity contribution in [3.63, 3.8) is 0 Å². The fraction of sp³-hybridized carbons (Fsp3) is 0.273. The van der Waals surface area contributed by atoms with Crippen molar-refractivity contribution >= 4 is 23.2 Å². The number of aryl methyl sites for hydroxylation is 2. The fourth-order valence-electron chi connectivity index (χ4n) is 3.36. The maximum absolute atomic E-state index is 13.0. The molecule has 0 aliphatic rings. The van der Waals surface area contributed by atoms with Gasteiger partial charge in [0.15, 0.2) is 0 Å². The molecule has 1 aromatic carbocycles. The highest BCUT2D eigenvalue weighted by Crippen LogP contribution is 2.25. The summed E-state index contributed by atoms with van der Waals surface area (Å²) in [7, 11) is 1.35. The van der Waals surface area contributed by atoms with Crippen molar-refractivity contribution < 1.29 is 14.3 Å². The summed E-state index contributed by atoms with van der Waals surface area (Å²) < 4.78 is 6.86. The molecule has 2 heterocycles. The third kappa shape index (κ3) is 4.17. The van der Waals surface area contributed by atoms with E-state index < -0.39 is 6.04 Å². The van der Waals surface area contributed by atoms with Crippen LogP contribution in [0.1, 0.15) is 44.6 Å². The summed E-state index contributed by atoms with van der Waals surface area (Å²) in [6, 6.07) is 13.5. The van der Waals surface area contributed by atoms with Gasteiger partial charge in [-0.25, -0.2) is 0 Å². The van der Waals surface area contributed by atoms with Crippen LogP contribution in [0.4, 0.5) is 0 Å². The molecular weight excluding hydrogens is 372 g/mol. The first-order valence-electron chi connectivity index (χ1n) is 9.07. The molecule has 1 unspecified atom stereocenters. The lowest BCUT2D eigenvalue weighted by molar-refractivity contribution is -0.141. The van der Waals surface area contributed by atoms with Crippen LogP contribution in [0.15, 0.2) is 47.8 Å². The Morgan fingerprint density at radius 3 is 2.57 bits per heavy atom. The fourth-order valence-corrected chi connectivity index (χ4v) is 4.13. The number of hydrogen-bond donors (Lipinski definition) is 1. The summed E-state index contributed by atoms with van der Waals surface area (Å²) in [6.07, 6.45) is 0.0966. The molecule has 3 aromatic rings. The summed E-state index contributed by atoms with van der Waals surface area (Å²) in [5, 5.41) is 4.93. The Hall–Kier alpha value is -2.86. The smallest absolute Gasteiger partial charge is 0.307 e. The molecular formula is C22H24N2O3S. The number of amides is 1. The molecule has 3 rings (SSSR count). The van der Waals surface area contributed by atoms with E-state index in [4.69, 9.17) is 4.74 Å². The lowest BCUT2D eigenvalue weighted by Gasteiger charge is -2.17. The number of nitrogens with zero attached hydrogens (tertiary/aromatic N) is 1. The zero-order chi connectivity index (χ0) is 20.3. The maximum Gasteiger partial charge on any atom is 0.307 e. The van der Waals surface area contributed by atoms with Gasteiger partial charge in [-0.15, -0.1) is 11.3 Å². The second-order valence-corrected chi connectivity index (χ2v) is 7.76. The summed E-state index contributed by atoms with van der Waals surface area (Å²) >= 11 is 1.50. The van der Waals surface area contributed by atoms with E-state index in [1.54, 1.807) is 0 Å². The molecule has 28 heavy (non-hydrogen) atoms. The predicted octanol–water partition coefficient (Wildman–Crippen LogP) is 4.50. The van der Waals surface area contributed by atoms with E-state index in [1.165, 1.54) is 18.4 Å². The Kier molecular flexibility index (Phi) is 5.99. The molecule has 0 aliphatic heterocycles. The van der Waals surface area contributed by atoms with Gasteiger partial charge in [0, 0.05) is 22.0 Å². The molecule has 5 nitrogen and oxygen atoms in total. The second-order valence-electron chi connectivity index (χ2n) is 6.78. The van der Waals surface area contributed by atoms with Gasteiger partial charge in [0.05, 0.1) is 25.1 Å². The largest absolute Gasteiger partial charge is 0.469 e. The van der Waals surface area contributed by atoms with Gasteiger partial charge in [-0.2, -0.15) is 0 Å². The molecule has 146 valence electrons. The van der Waals surface area contributed by atoms with Crippen LogP contribution in [0.5, 0.6) is 0 Å². The van der Waals surface area contributed by atoms with Gasteiger partial charge in [0.25, 0.3) is 5.91 Å². The van der Waals surface area contributed by atoms with Crippen LogP contribution in [0.25, 0.3) is 5.69 Å². The zero-order valence-corrected chi connectivity index (χ0v) is 17.3. The predicted molar refractivity (Wildman–Crippen MR) is 111 cm³/mol. The number of ether oxygens (including phenoxy) is 1. The summed E-state index contributed by atoms with van der Waals surface area (Å²) in [5.74, 6) is -0.557. The quantitative estimate of drug-likeness (QED) is 0.624. The summed E-state index contributed by atoms with van der Waals surface area (Å²) in [6.45, 7) is 5.96. The number of hydrogen-bond acceptors (Lipinski definition) is 4. The Morgan fingerprint density at radius 1 is 1.14 bits per heavy atom. The molecule has 1 N–H and O–H groups in total. The van der Waals surface area contributed by atoms with Crippen molar-refractivity contribution in [2.75, 3.05) is 7.11 Å². The molecule has 0 aliphatic carbocycles. The van der Waals surface area contributed by atoms with Crippen LogP contribution in [0.2, 0.25) is 0 Å². The van der Waals surface area contributed by atoms with Gasteiger partial charge in [0.1, 0.15) is 0 Å². The number of carbonyl (C=O) groups excluding carboxylic acids is 2. The lowest BCUT2D eigenvalue weighted by Crippen LogP contribution is -2.30. The highest BCUT2D eigenvalue weighted by Gasteiger charge is 2.23. The Bertz CT molecular complexity index is 989. The van der Waals surface area contributed by atoms with Crippen molar-refractivity contribution in [3.8, 4) is 5.69 Å². The maximum atomic E-state index is 13.0. The van der Waals surface area contributed by atoms with Gasteiger partial charge < -0.3 is 14.6 Å². The Balaban J connectivity index is 1.89. The minimum absolute atomic E-state index is 0.0966. The monoisotopic (exact) mass is 396 g/mol. The molecule has 1 amide bonds. The van der Waals surface area contributed by atoms with Crippen molar-refractivity contribution in [1.82, 2.24) is 9.88 Å². The van der Waals surface area contributed by atoms with Crippen LogP contribution in [-0.4, -0.2) is 23.6 Å². The van der Waals surface area contributed by atoms with E-state index in [-0.39, 0.29) is 18.3 Å². The molecule has 0 saturated heterocycles. The molecule has 2 aromatic heterocycles. The molecule has 0 fully saturated rings. The van der Waals surface area contributed by atoms with Gasteiger partial charge in [-0.1, -0.05) is 18.2 Å². The topological polar surface area (TPSA) is 60.3 Å². The molecule has 6 heteroatoms. The third-order valence-corrected chi connectivity index (χ3v) is 5.71. The number of esters is 1. The molecule has 1 atom stereocenters. The first kappa shape index (κ1) is 19.9. The van der Waals surface area contributed by atoms with Gasteiger partial charge in [-0.05, 0) is 56.0 Å². The van der Waals surface area contributed by atoms with Crippen LogP contribution < -0.4 is 5.32 Å². The van der Waals surface area contributed by atoms with E-state index in [0.717, 1.165) is 27.5 Å². The number of rotatable bonds is 6. The van der Waals surface area contributed by atoms with E-state index in [1.807, 2.05) is 62.5 Å². The summed E-state index contributed by atoms with van der Waals surface area (Å²) in [4.78, 5) is 25.8. The van der Waals surface area contributed by atoms with Crippen molar-refractivity contribution in [3.05, 3.63) is 75.2 Å². The number of thiophene rings is 1. The van der Waals surface area contributed by atoms with Crippen LogP contribution in [0, 0.1) is 20.8 Å². The second kappa shape index (κ2) is 8.44. The van der Waals surface area contributed by atoms with E-state index in [9.17, 15) is 9.59 Å². The van der Waals surface area contributed by atoms with E-state index >= 15 is 0 Å². The molecule has 0 saturated carbocycles. The van der Waals surface area contributed by atoms with Crippen LogP contribution in [-0.2, 0) is 9.53 Å². The minimum Gasteiger partial charge on any atom is -0.469 e.